The lowest BCUT2D eigenvalue weighted by molar-refractivity contribution is -0.137. The lowest BCUT2D eigenvalue weighted by Crippen LogP contribution is -2.04. The molecule has 0 unspecified atom stereocenters. The third kappa shape index (κ3) is 3.22. The van der Waals surface area contributed by atoms with Crippen molar-refractivity contribution in [2.75, 3.05) is 0 Å². The van der Waals surface area contributed by atoms with Gasteiger partial charge in [-0.2, -0.15) is 18.2 Å². The summed E-state index contributed by atoms with van der Waals surface area (Å²) in [6.45, 7) is 0. The van der Waals surface area contributed by atoms with Gasteiger partial charge in [0.15, 0.2) is 5.69 Å². The monoisotopic (exact) mass is 284 g/mol. The lowest BCUT2D eigenvalue weighted by atomic mass is 10.2. The van der Waals surface area contributed by atoms with Gasteiger partial charge in [0.05, 0.1) is 5.56 Å². The summed E-state index contributed by atoms with van der Waals surface area (Å²) in [6.07, 6.45) is -3.26. The van der Waals surface area contributed by atoms with Crippen molar-refractivity contribution in [3.63, 3.8) is 0 Å². The summed E-state index contributed by atoms with van der Waals surface area (Å²) in [4.78, 5) is 17.9. The van der Waals surface area contributed by atoms with Crippen molar-refractivity contribution in [2.24, 2.45) is 0 Å². The molecule has 0 spiro atoms. The van der Waals surface area contributed by atoms with Gasteiger partial charge in [0.1, 0.15) is 5.75 Å². The molecule has 0 aliphatic rings. The maximum absolute atomic E-state index is 12.4. The Hall–Kier alpha value is -2.64. The quantitative estimate of drug-likeness (QED) is 0.938. The summed E-state index contributed by atoms with van der Waals surface area (Å²) in [5, 5.41) is 8.73. The zero-order chi connectivity index (χ0) is 14.8. The molecular formula is C12H7F3N2O3. The first-order chi connectivity index (χ1) is 9.36. The van der Waals surface area contributed by atoms with E-state index in [2.05, 4.69) is 9.97 Å². The van der Waals surface area contributed by atoms with Crippen molar-refractivity contribution in [1.82, 2.24) is 9.97 Å². The summed E-state index contributed by atoms with van der Waals surface area (Å²) in [5.74, 6) is -1.19. The summed E-state index contributed by atoms with van der Waals surface area (Å²) < 4.78 is 42.2. The molecule has 2 rings (SSSR count). The fourth-order valence-corrected chi connectivity index (χ4v) is 1.33. The molecule has 0 saturated carbocycles. The summed E-state index contributed by atoms with van der Waals surface area (Å²) in [5.41, 5.74) is -1.09. The Morgan fingerprint density at radius 2 is 1.80 bits per heavy atom. The van der Waals surface area contributed by atoms with Crippen LogP contribution in [0.4, 0.5) is 13.2 Å². The van der Waals surface area contributed by atoms with Crippen molar-refractivity contribution < 1.29 is 27.8 Å². The topological polar surface area (TPSA) is 72.3 Å². The molecule has 104 valence electrons. The van der Waals surface area contributed by atoms with Gasteiger partial charge in [-0.25, -0.2) is 9.78 Å². The number of alkyl halides is 3. The lowest BCUT2D eigenvalue weighted by Gasteiger charge is -2.08. The van der Waals surface area contributed by atoms with Crippen molar-refractivity contribution in [3.8, 4) is 11.8 Å². The third-order valence-corrected chi connectivity index (χ3v) is 2.24. The average Bonchev–Trinajstić information content (AvgIpc) is 2.38. The van der Waals surface area contributed by atoms with E-state index in [1.54, 1.807) is 0 Å². The Morgan fingerprint density at radius 3 is 2.35 bits per heavy atom. The number of halogens is 3. The van der Waals surface area contributed by atoms with E-state index in [1.807, 2.05) is 0 Å². The van der Waals surface area contributed by atoms with Crippen LogP contribution in [0, 0.1) is 0 Å². The number of hydrogen-bond donors (Lipinski definition) is 1. The normalized spacial score (nSPS) is 11.2. The number of aromatic nitrogens is 2. The second-order valence-electron chi connectivity index (χ2n) is 3.65. The van der Waals surface area contributed by atoms with Crippen LogP contribution in [0.15, 0.2) is 36.5 Å². The SMILES string of the molecule is O=C(O)c1ccnc(Oc2ccc(C(F)(F)F)cc2)n1. The molecule has 20 heavy (non-hydrogen) atoms. The molecule has 5 nitrogen and oxygen atoms in total. The van der Waals surface area contributed by atoms with Gasteiger partial charge in [0.25, 0.3) is 0 Å². The maximum Gasteiger partial charge on any atom is 0.416 e. The predicted octanol–water partition coefficient (Wildman–Crippen LogP) is 2.99. The van der Waals surface area contributed by atoms with Gasteiger partial charge in [-0.05, 0) is 30.3 Å². The third-order valence-electron chi connectivity index (χ3n) is 2.24. The minimum absolute atomic E-state index is 0.0699. The Bertz CT molecular complexity index is 627. The van der Waals surface area contributed by atoms with E-state index in [4.69, 9.17) is 9.84 Å². The van der Waals surface area contributed by atoms with Crippen molar-refractivity contribution in [1.29, 1.82) is 0 Å². The molecule has 0 amide bonds. The molecule has 1 heterocycles. The summed E-state index contributed by atoms with van der Waals surface area (Å²) in [6, 6.07) is 4.79. The highest BCUT2D eigenvalue weighted by Crippen LogP contribution is 2.30. The molecule has 0 fully saturated rings. The molecule has 0 atom stereocenters. The molecule has 0 aliphatic heterocycles. The molecule has 1 aromatic heterocycles. The Balaban J connectivity index is 2.18. The first-order valence-electron chi connectivity index (χ1n) is 5.28. The Labute approximate surface area is 110 Å². The molecule has 0 aliphatic carbocycles. The van der Waals surface area contributed by atoms with Crippen LogP contribution >= 0.6 is 0 Å². The van der Waals surface area contributed by atoms with E-state index in [1.165, 1.54) is 12.3 Å². The van der Waals surface area contributed by atoms with Crippen LogP contribution in [-0.2, 0) is 6.18 Å². The van der Waals surface area contributed by atoms with Gasteiger partial charge < -0.3 is 9.84 Å². The van der Waals surface area contributed by atoms with Crippen molar-refractivity contribution in [3.05, 3.63) is 47.8 Å². The molecule has 2 aromatic rings. The van der Waals surface area contributed by atoms with E-state index < -0.39 is 17.7 Å². The molecule has 8 heteroatoms. The van der Waals surface area contributed by atoms with Crippen LogP contribution in [0.3, 0.4) is 0 Å². The molecule has 0 bridgehead atoms. The number of rotatable bonds is 3. The number of ether oxygens (including phenoxy) is 1. The Kier molecular flexibility index (Phi) is 3.55. The van der Waals surface area contributed by atoms with Gasteiger partial charge in [0, 0.05) is 6.20 Å². The van der Waals surface area contributed by atoms with E-state index in [0.717, 1.165) is 24.3 Å². The highest BCUT2D eigenvalue weighted by atomic mass is 19.4. The molecule has 0 saturated heterocycles. The van der Waals surface area contributed by atoms with E-state index in [0.29, 0.717) is 0 Å². The van der Waals surface area contributed by atoms with E-state index in [9.17, 15) is 18.0 Å². The fourth-order valence-electron chi connectivity index (χ4n) is 1.33. The Morgan fingerprint density at radius 1 is 1.15 bits per heavy atom. The van der Waals surface area contributed by atoms with Crippen LogP contribution in [0.5, 0.6) is 11.8 Å². The van der Waals surface area contributed by atoms with Crippen LogP contribution < -0.4 is 4.74 Å². The second-order valence-corrected chi connectivity index (χ2v) is 3.65. The van der Waals surface area contributed by atoms with Crippen LogP contribution in [0.1, 0.15) is 16.1 Å². The number of carboxylic acid groups (broad SMARTS) is 1. The largest absolute Gasteiger partial charge is 0.477 e. The van der Waals surface area contributed by atoms with Crippen molar-refractivity contribution >= 4 is 5.97 Å². The smallest absolute Gasteiger partial charge is 0.416 e. The van der Waals surface area contributed by atoms with Crippen LogP contribution in [-0.4, -0.2) is 21.0 Å². The van der Waals surface area contributed by atoms with Gasteiger partial charge >= 0.3 is 18.2 Å². The molecular weight excluding hydrogens is 277 g/mol. The standard InChI is InChI=1S/C12H7F3N2O3/c13-12(14,15)7-1-3-8(4-2-7)20-11-16-6-5-9(17-11)10(18)19/h1-6H,(H,18,19). The number of carboxylic acids is 1. The first-order valence-corrected chi connectivity index (χ1v) is 5.28. The van der Waals surface area contributed by atoms with Gasteiger partial charge in [0.2, 0.25) is 0 Å². The number of carbonyl (C=O) groups is 1. The van der Waals surface area contributed by atoms with Gasteiger partial charge in [-0.1, -0.05) is 0 Å². The number of hydrogen-bond acceptors (Lipinski definition) is 4. The average molecular weight is 284 g/mol. The van der Waals surface area contributed by atoms with Gasteiger partial charge in [-0.3, -0.25) is 0 Å². The highest BCUT2D eigenvalue weighted by molar-refractivity contribution is 5.85. The number of benzene rings is 1. The molecule has 1 N–H and O–H groups in total. The summed E-state index contributed by atoms with van der Waals surface area (Å²) >= 11 is 0. The van der Waals surface area contributed by atoms with Crippen LogP contribution in [0.25, 0.3) is 0 Å². The zero-order valence-corrected chi connectivity index (χ0v) is 9.76. The number of aromatic carboxylic acids is 1. The van der Waals surface area contributed by atoms with Crippen LogP contribution in [0.2, 0.25) is 0 Å². The zero-order valence-electron chi connectivity index (χ0n) is 9.76. The predicted molar refractivity (Wildman–Crippen MR) is 60.5 cm³/mol. The first kappa shape index (κ1) is 13.8. The summed E-state index contributed by atoms with van der Waals surface area (Å²) in [7, 11) is 0. The minimum Gasteiger partial charge on any atom is -0.477 e. The van der Waals surface area contributed by atoms with E-state index >= 15 is 0 Å². The highest BCUT2D eigenvalue weighted by Gasteiger charge is 2.30. The van der Waals surface area contributed by atoms with Gasteiger partial charge in [-0.15, -0.1) is 0 Å². The maximum atomic E-state index is 12.4. The number of nitrogens with zero attached hydrogens (tertiary/aromatic N) is 2. The molecule has 0 radical (unpaired) electrons. The van der Waals surface area contributed by atoms with Crippen molar-refractivity contribution in [2.45, 2.75) is 6.18 Å². The second kappa shape index (κ2) is 5.16. The minimum atomic E-state index is -4.43. The molecule has 1 aromatic carbocycles. The van der Waals surface area contributed by atoms with E-state index in [-0.39, 0.29) is 17.5 Å². The fraction of sp³-hybridized carbons (Fsp3) is 0.0833.